The summed E-state index contributed by atoms with van der Waals surface area (Å²) in [6.45, 7) is 14.4. The summed E-state index contributed by atoms with van der Waals surface area (Å²) >= 11 is 0. The molecule has 0 heterocycles. The Morgan fingerprint density at radius 2 is 0.775 bits per heavy atom. The Labute approximate surface area is 645 Å². The number of hydrogen-bond donors (Lipinski definition) is 24. The maximum Gasteiger partial charge on any atom is 0.328 e. The van der Waals surface area contributed by atoms with Crippen molar-refractivity contribution in [3.8, 4) is 0 Å². The Morgan fingerprint density at radius 3 is 1.22 bits per heavy atom. The van der Waals surface area contributed by atoms with Gasteiger partial charge in [-0.15, -0.1) is 0 Å². The number of guanidine groups is 3. The number of aliphatic imine (C=N–C) groups is 3. The van der Waals surface area contributed by atoms with Gasteiger partial charge in [0.25, 0.3) is 0 Å². The molecule has 624 valence electrons. The van der Waals surface area contributed by atoms with Crippen LogP contribution in [-0.4, -0.2) is 233 Å². The average molecular weight is 1570 g/mol. The van der Waals surface area contributed by atoms with Crippen LogP contribution in [0.25, 0.3) is 0 Å². The number of aliphatic carboxylic acids is 1. The van der Waals surface area contributed by atoms with Crippen LogP contribution >= 0.6 is 0 Å². The van der Waals surface area contributed by atoms with E-state index >= 15 is 0 Å². The van der Waals surface area contributed by atoms with Gasteiger partial charge in [0.15, 0.2) is 23.9 Å². The molecular formula is C69H120N24O18. The molecule has 0 bridgehead atoms. The third-order valence-corrected chi connectivity index (χ3v) is 17.1. The summed E-state index contributed by atoms with van der Waals surface area (Å²) in [5.74, 6) is -18.3. The second kappa shape index (κ2) is 50.6. The second-order valence-corrected chi connectivity index (χ2v) is 28.1. The predicted molar refractivity (Wildman–Crippen MR) is 409 cm³/mol. The summed E-state index contributed by atoms with van der Waals surface area (Å²) in [5, 5.41) is 59.4. The van der Waals surface area contributed by atoms with E-state index in [-0.39, 0.29) is 107 Å². The van der Waals surface area contributed by atoms with Gasteiger partial charge in [-0.1, -0.05) is 92.1 Å². The van der Waals surface area contributed by atoms with Gasteiger partial charge < -0.3 is 131 Å². The van der Waals surface area contributed by atoms with Gasteiger partial charge in [-0.2, -0.15) is 0 Å². The first-order valence-corrected chi connectivity index (χ1v) is 36.6. The SMILES string of the molecule is CC[C@H](C)[C@H](NC(=O)[C@H](CO)NC(=O)[C@H](C)NC(=O)[C@H](CC(C)C)NC(=O)[C@H](CC(N)=O)NC(=O)[C@H](CCCN=C(N)N)NC(=O)[C@H](CCCN=C(N)N)NC(=O)[C@@H](NC(=O)[C@H](CCC(N)=O)NC(=O)[C@H](Cc1ccccc1)NC(=O)[C@H](CC(C)C)NC(=O)[C@@H](N)CCCN=C(N)N)C(C)C)C(=O)N[C@H](C(=O)O)[C@@H](C)O. The molecule has 0 spiro atoms. The van der Waals surface area contributed by atoms with Crippen LogP contribution < -0.4 is 115 Å². The third kappa shape index (κ3) is 38.7. The standard InChI is InChI=1S/C69H120N24O18/c1-11-36(8)52(65(109)93-53(38(10)95)66(110)111)92-63(107)48(32-94)90-54(98)37(9)82-59(103)44(28-33(2)3)87-62(106)47(31-50(72)97)89-57(101)41(21-16-26-80-68(75)76)83-56(100)42(22-17-27-81-69(77)78)85-64(108)51(35(6)7)91-58(102)43(23-24-49(71)96)84-61(105)46(30-39-18-13-12-14-19-39)88-60(104)45(29-34(4)5)86-55(99)40(70)20-15-25-79-67(73)74/h12-14,18-19,33-38,40-48,51-53,94-95H,11,15-17,20-32,70H2,1-10H3,(H2,71,96)(H2,72,97)(H,82,103)(H,83,100)(H,84,105)(H,85,108)(H,86,99)(H,87,106)(H,88,104)(H,89,101)(H,90,98)(H,91,102)(H,92,107)(H,93,109)(H,110,111)(H4,73,74,79)(H4,75,76,80)(H4,77,78,81)/t36-,37-,38+,40-,41-,42-,43-,44-,45-,46-,47-,48-,51-,52-,53-/m0/s1. The minimum atomic E-state index is -1.88. The van der Waals surface area contributed by atoms with Gasteiger partial charge in [0.2, 0.25) is 82.7 Å². The fourth-order valence-corrected chi connectivity index (χ4v) is 10.8. The van der Waals surface area contributed by atoms with Gasteiger partial charge in [-0.25, -0.2) is 4.79 Å². The van der Waals surface area contributed by atoms with E-state index in [9.17, 15) is 87.2 Å². The number of primary amides is 2. The van der Waals surface area contributed by atoms with Gasteiger partial charge in [-0.05, 0) is 101 Å². The minimum absolute atomic E-state index is 0.0139. The van der Waals surface area contributed by atoms with E-state index in [0.29, 0.717) is 12.0 Å². The molecule has 14 amide bonds. The molecule has 0 aliphatic heterocycles. The monoisotopic (exact) mass is 1570 g/mol. The summed E-state index contributed by atoms with van der Waals surface area (Å²) in [7, 11) is 0. The van der Waals surface area contributed by atoms with E-state index in [1.54, 1.807) is 71.9 Å². The number of carboxylic acids is 1. The van der Waals surface area contributed by atoms with E-state index in [0.717, 1.165) is 6.92 Å². The minimum Gasteiger partial charge on any atom is -0.480 e. The van der Waals surface area contributed by atoms with Crippen LogP contribution in [0.1, 0.15) is 152 Å². The molecule has 0 unspecified atom stereocenters. The number of aliphatic hydroxyl groups excluding tert-OH is 2. The number of hydrogen-bond acceptors (Lipinski definition) is 21. The van der Waals surface area contributed by atoms with Gasteiger partial charge in [0.05, 0.1) is 25.2 Å². The average Bonchev–Trinajstić information content (AvgIpc) is 0.857. The zero-order valence-corrected chi connectivity index (χ0v) is 64.8. The van der Waals surface area contributed by atoms with Crippen LogP contribution in [0.2, 0.25) is 0 Å². The molecule has 42 nitrogen and oxygen atoms in total. The zero-order chi connectivity index (χ0) is 84.5. The highest BCUT2D eigenvalue weighted by molar-refractivity contribution is 6.01. The third-order valence-electron chi connectivity index (χ3n) is 17.1. The molecule has 0 saturated heterocycles. The first-order valence-electron chi connectivity index (χ1n) is 36.6. The number of amides is 14. The highest BCUT2D eigenvalue weighted by Gasteiger charge is 2.39. The molecule has 33 N–H and O–H groups in total. The number of benzene rings is 1. The molecule has 0 fully saturated rings. The van der Waals surface area contributed by atoms with Crippen molar-refractivity contribution < 1.29 is 87.2 Å². The fraction of sp³-hybridized carbons (Fsp3) is 0.652. The molecule has 15 atom stereocenters. The van der Waals surface area contributed by atoms with Crippen molar-refractivity contribution in [3.63, 3.8) is 0 Å². The van der Waals surface area contributed by atoms with Crippen molar-refractivity contribution in [2.75, 3.05) is 26.2 Å². The second-order valence-electron chi connectivity index (χ2n) is 28.1. The molecule has 0 aliphatic carbocycles. The fourth-order valence-electron chi connectivity index (χ4n) is 10.8. The van der Waals surface area contributed by atoms with Crippen molar-refractivity contribution >= 4 is 107 Å². The molecular weight excluding hydrogens is 1450 g/mol. The quantitative estimate of drug-likeness (QED) is 0.0164. The van der Waals surface area contributed by atoms with E-state index in [1.807, 2.05) is 0 Å². The van der Waals surface area contributed by atoms with Crippen molar-refractivity contribution in [1.82, 2.24) is 63.8 Å². The first kappa shape index (κ1) is 98.0. The van der Waals surface area contributed by atoms with Crippen LogP contribution in [0.5, 0.6) is 0 Å². The number of rotatable bonds is 53. The van der Waals surface area contributed by atoms with Crippen molar-refractivity contribution in [1.29, 1.82) is 0 Å². The molecule has 0 saturated carbocycles. The van der Waals surface area contributed by atoms with E-state index in [4.69, 9.17) is 51.6 Å². The van der Waals surface area contributed by atoms with Crippen LogP contribution in [0.3, 0.4) is 0 Å². The smallest absolute Gasteiger partial charge is 0.328 e. The van der Waals surface area contributed by atoms with Crippen molar-refractivity contribution in [2.24, 2.45) is 90.3 Å². The van der Waals surface area contributed by atoms with E-state index in [1.165, 1.54) is 20.8 Å². The summed E-state index contributed by atoms with van der Waals surface area (Å²) < 4.78 is 0. The highest BCUT2D eigenvalue weighted by atomic mass is 16.4. The van der Waals surface area contributed by atoms with Crippen LogP contribution in [0.15, 0.2) is 45.3 Å². The van der Waals surface area contributed by atoms with E-state index < -0.39 is 211 Å². The van der Waals surface area contributed by atoms with Crippen molar-refractivity contribution in [2.45, 2.75) is 237 Å². The largest absolute Gasteiger partial charge is 0.480 e. The number of nitrogens with one attached hydrogen (secondary N) is 12. The normalized spacial score (nSPS) is 15.2. The lowest BCUT2D eigenvalue weighted by Crippen LogP contribution is -2.62. The lowest BCUT2D eigenvalue weighted by Gasteiger charge is -2.29. The molecule has 0 aliphatic rings. The Morgan fingerprint density at radius 1 is 0.405 bits per heavy atom. The molecule has 42 heteroatoms. The number of carbonyl (C=O) groups is 15. The maximum absolute atomic E-state index is 14.7. The molecule has 1 aromatic rings. The summed E-state index contributed by atoms with van der Waals surface area (Å²) in [4.78, 5) is 218. The number of nitrogens with two attached hydrogens (primary N) is 9. The lowest BCUT2D eigenvalue weighted by molar-refractivity contribution is -0.145. The zero-order valence-electron chi connectivity index (χ0n) is 64.8. The van der Waals surface area contributed by atoms with Crippen LogP contribution in [-0.2, 0) is 78.3 Å². The topological polar surface area (TPSA) is 732 Å². The van der Waals surface area contributed by atoms with Gasteiger partial charge in [-0.3, -0.25) is 82.1 Å². The van der Waals surface area contributed by atoms with E-state index in [2.05, 4.69) is 78.8 Å². The molecule has 0 radical (unpaired) electrons. The molecule has 0 aromatic heterocycles. The number of nitrogens with zero attached hydrogens (tertiary/aromatic N) is 3. The number of carbonyl (C=O) groups excluding carboxylic acids is 14. The first-order chi connectivity index (χ1) is 51.9. The Bertz CT molecular complexity index is 3370. The van der Waals surface area contributed by atoms with Gasteiger partial charge in [0, 0.05) is 32.5 Å². The summed E-state index contributed by atoms with van der Waals surface area (Å²) in [6.07, 6.45) is -3.42. The molecule has 1 rings (SSSR count). The number of aliphatic hydroxyl groups is 2. The van der Waals surface area contributed by atoms with Crippen LogP contribution in [0, 0.1) is 23.7 Å². The van der Waals surface area contributed by atoms with Gasteiger partial charge >= 0.3 is 5.97 Å². The van der Waals surface area contributed by atoms with Crippen molar-refractivity contribution in [3.05, 3.63) is 35.9 Å². The number of carboxylic acid groups (broad SMARTS) is 1. The lowest BCUT2D eigenvalue weighted by atomic mass is 9.97. The molecule has 111 heavy (non-hydrogen) atoms. The predicted octanol–water partition coefficient (Wildman–Crippen LogP) is -8.05. The van der Waals surface area contributed by atoms with Crippen LogP contribution in [0.4, 0.5) is 0 Å². The highest BCUT2D eigenvalue weighted by Crippen LogP contribution is 2.15. The Kier molecular flexibility index (Phi) is 44.7. The summed E-state index contributed by atoms with van der Waals surface area (Å²) in [6, 6.07) is -11.6. The van der Waals surface area contributed by atoms with Gasteiger partial charge in [0.1, 0.15) is 66.5 Å². The Hall–Kier alpha value is -11.0. The maximum atomic E-state index is 14.7. The summed E-state index contributed by atoms with van der Waals surface area (Å²) in [5.41, 5.74) is 51.0. The Balaban J connectivity index is 3.74. The molecule has 1 aromatic carbocycles.